The number of fused-ring (bicyclic) bond motifs is 1. The van der Waals surface area contributed by atoms with E-state index in [2.05, 4.69) is 24.8 Å². The van der Waals surface area contributed by atoms with Crippen molar-refractivity contribution in [2.75, 3.05) is 5.32 Å². The molecule has 3 aromatic rings. The highest BCUT2D eigenvalue weighted by atomic mass is 32.1. The first-order valence-electron chi connectivity index (χ1n) is 5.67. The van der Waals surface area contributed by atoms with Gasteiger partial charge in [0.25, 0.3) is 0 Å². The molecule has 0 aliphatic heterocycles. The summed E-state index contributed by atoms with van der Waals surface area (Å²) < 4.78 is 5.64. The molecule has 0 bridgehead atoms. The minimum Gasteiger partial charge on any atom is -0.478 e. The van der Waals surface area contributed by atoms with Crippen LogP contribution in [0.15, 0.2) is 12.4 Å². The number of carboxylic acids is 1. The van der Waals surface area contributed by atoms with Gasteiger partial charge in [0.15, 0.2) is 5.65 Å². The topological polar surface area (TPSA) is 106 Å². The van der Waals surface area contributed by atoms with E-state index in [0.29, 0.717) is 27.7 Å². The zero-order chi connectivity index (χ0) is 14.3. The maximum Gasteiger partial charge on any atom is 0.339 e. The smallest absolute Gasteiger partial charge is 0.339 e. The van der Waals surface area contributed by atoms with Gasteiger partial charge >= 0.3 is 5.97 Å². The molecule has 0 saturated heterocycles. The van der Waals surface area contributed by atoms with Crippen molar-refractivity contribution in [2.24, 2.45) is 7.05 Å². The Morgan fingerprint density at radius 2 is 2.25 bits per heavy atom. The molecule has 0 atom stereocenters. The molecule has 0 amide bonds. The van der Waals surface area contributed by atoms with Gasteiger partial charge in [-0.15, -0.1) is 0 Å². The second kappa shape index (κ2) is 4.53. The minimum absolute atomic E-state index is 0.0679. The third-order valence-corrected chi connectivity index (χ3v) is 3.47. The molecule has 0 spiro atoms. The van der Waals surface area contributed by atoms with Gasteiger partial charge in [-0.25, -0.2) is 14.8 Å². The molecule has 0 unspecified atom stereocenters. The van der Waals surface area contributed by atoms with E-state index in [0.717, 1.165) is 0 Å². The number of nitrogens with zero attached hydrogens (tertiary/aromatic N) is 5. The number of nitrogens with one attached hydrogen (secondary N) is 1. The van der Waals surface area contributed by atoms with Crippen molar-refractivity contribution in [3.63, 3.8) is 0 Å². The van der Waals surface area contributed by atoms with E-state index in [4.69, 9.17) is 0 Å². The van der Waals surface area contributed by atoms with Gasteiger partial charge in [0.05, 0.1) is 17.3 Å². The van der Waals surface area contributed by atoms with Crippen molar-refractivity contribution >= 4 is 39.4 Å². The minimum atomic E-state index is -1.06. The number of hydrogen-bond donors (Lipinski definition) is 2. The average molecular weight is 290 g/mol. The maximum absolute atomic E-state index is 11.3. The van der Waals surface area contributed by atoms with Gasteiger partial charge < -0.3 is 10.4 Å². The lowest BCUT2D eigenvalue weighted by Gasteiger charge is -2.07. The predicted molar refractivity (Wildman–Crippen MR) is 73.4 cm³/mol. The summed E-state index contributed by atoms with van der Waals surface area (Å²) in [4.78, 5) is 19.6. The molecule has 0 saturated carbocycles. The zero-order valence-electron chi connectivity index (χ0n) is 10.7. The first-order chi connectivity index (χ1) is 9.56. The fourth-order valence-corrected chi connectivity index (χ4v) is 2.43. The Bertz CT molecular complexity index is 808. The van der Waals surface area contributed by atoms with E-state index in [9.17, 15) is 9.90 Å². The Balaban J connectivity index is 2.19. The van der Waals surface area contributed by atoms with Gasteiger partial charge in [0.2, 0.25) is 5.13 Å². The zero-order valence-corrected chi connectivity index (χ0v) is 11.5. The molecule has 9 heteroatoms. The largest absolute Gasteiger partial charge is 0.478 e. The summed E-state index contributed by atoms with van der Waals surface area (Å²) in [7, 11) is 1.74. The fraction of sp³-hybridized carbons (Fsp3) is 0.182. The van der Waals surface area contributed by atoms with Crippen LogP contribution in [-0.4, -0.2) is 35.2 Å². The molecule has 3 aromatic heterocycles. The summed E-state index contributed by atoms with van der Waals surface area (Å²) >= 11 is 1.17. The summed E-state index contributed by atoms with van der Waals surface area (Å²) in [5, 5.41) is 17.5. The van der Waals surface area contributed by atoms with Crippen molar-refractivity contribution in [3.8, 4) is 0 Å². The normalized spacial score (nSPS) is 10.9. The lowest BCUT2D eigenvalue weighted by atomic mass is 10.2. The summed E-state index contributed by atoms with van der Waals surface area (Å²) in [6.07, 6.45) is 2.88. The Kier molecular flexibility index (Phi) is 2.83. The van der Waals surface area contributed by atoms with Gasteiger partial charge in [0.1, 0.15) is 11.4 Å². The van der Waals surface area contributed by atoms with Crippen molar-refractivity contribution in [1.82, 2.24) is 24.1 Å². The highest BCUT2D eigenvalue weighted by molar-refractivity contribution is 7.09. The Morgan fingerprint density at radius 1 is 1.45 bits per heavy atom. The molecule has 3 rings (SSSR count). The van der Waals surface area contributed by atoms with Crippen molar-refractivity contribution in [1.29, 1.82) is 0 Å². The van der Waals surface area contributed by atoms with E-state index in [1.165, 1.54) is 17.7 Å². The molecule has 0 aliphatic carbocycles. The standard InChI is InChI=1S/C11H10N6O2S/c1-5-14-11(20-16-5)15-8-6-4-13-17(2)9(6)12-3-7(8)10(18)19/h3-4H,1-2H3,(H,18,19)(H,12,14,15,16). The summed E-state index contributed by atoms with van der Waals surface area (Å²) in [5.74, 6) is -0.433. The molecule has 3 heterocycles. The van der Waals surface area contributed by atoms with Crippen LogP contribution in [0.2, 0.25) is 0 Å². The second-order valence-corrected chi connectivity index (χ2v) is 4.88. The Labute approximate surface area is 117 Å². The fourth-order valence-electron chi connectivity index (χ4n) is 1.85. The number of aromatic nitrogens is 5. The molecule has 0 fully saturated rings. The predicted octanol–water partition coefficient (Wildman–Crippen LogP) is 1.57. The Morgan fingerprint density at radius 3 is 2.90 bits per heavy atom. The molecular weight excluding hydrogens is 280 g/mol. The molecule has 0 aliphatic rings. The van der Waals surface area contributed by atoms with Crippen LogP contribution in [0.4, 0.5) is 10.8 Å². The number of rotatable bonds is 3. The van der Waals surface area contributed by atoms with Gasteiger partial charge in [-0.2, -0.15) is 9.47 Å². The number of carbonyl (C=O) groups is 1. The molecule has 102 valence electrons. The van der Waals surface area contributed by atoms with Crippen LogP contribution in [0.1, 0.15) is 16.2 Å². The summed E-state index contributed by atoms with van der Waals surface area (Å²) in [6.45, 7) is 1.77. The first-order valence-corrected chi connectivity index (χ1v) is 6.45. The third kappa shape index (κ3) is 1.97. The highest BCUT2D eigenvalue weighted by Gasteiger charge is 2.18. The van der Waals surface area contributed by atoms with Gasteiger partial charge in [-0.05, 0) is 6.92 Å². The quantitative estimate of drug-likeness (QED) is 0.754. The maximum atomic E-state index is 11.3. The average Bonchev–Trinajstić information content (AvgIpc) is 2.97. The van der Waals surface area contributed by atoms with Gasteiger partial charge in [0, 0.05) is 24.8 Å². The number of carboxylic acid groups (broad SMARTS) is 1. The van der Waals surface area contributed by atoms with Crippen LogP contribution in [0.5, 0.6) is 0 Å². The number of aromatic carboxylic acids is 1. The number of aryl methyl sites for hydroxylation is 2. The third-order valence-electron chi connectivity index (χ3n) is 2.75. The molecule has 20 heavy (non-hydrogen) atoms. The van der Waals surface area contributed by atoms with Crippen LogP contribution in [0, 0.1) is 6.92 Å². The SMILES string of the molecule is Cc1nsc(Nc2c(C(=O)O)cnc3c2cnn3C)n1. The Hall–Kier alpha value is -2.55. The number of hydrogen-bond acceptors (Lipinski definition) is 7. The van der Waals surface area contributed by atoms with E-state index in [-0.39, 0.29) is 5.56 Å². The molecule has 8 nitrogen and oxygen atoms in total. The lowest BCUT2D eigenvalue weighted by molar-refractivity contribution is 0.0697. The van der Waals surface area contributed by atoms with Crippen LogP contribution < -0.4 is 5.32 Å². The molecule has 2 N–H and O–H groups in total. The van der Waals surface area contributed by atoms with Crippen molar-refractivity contribution in [2.45, 2.75) is 6.92 Å². The number of anilines is 2. The molecule has 0 radical (unpaired) electrons. The lowest BCUT2D eigenvalue weighted by Crippen LogP contribution is -2.05. The van der Waals surface area contributed by atoms with Crippen LogP contribution >= 0.6 is 11.5 Å². The van der Waals surface area contributed by atoms with Crippen molar-refractivity contribution in [3.05, 3.63) is 23.8 Å². The number of pyridine rings is 1. The van der Waals surface area contributed by atoms with E-state index in [1.807, 2.05) is 0 Å². The monoisotopic (exact) mass is 290 g/mol. The first kappa shape index (κ1) is 12.5. The van der Waals surface area contributed by atoms with E-state index >= 15 is 0 Å². The summed E-state index contributed by atoms with van der Waals surface area (Å²) in [6, 6.07) is 0. The molecular formula is C11H10N6O2S. The second-order valence-electron chi connectivity index (χ2n) is 4.13. The van der Waals surface area contributed by atoms with Gasteiger partial charge in [-0.1, -0.05) is 0 Å². The van der Waals surface area contributed by atoms with Crippen molar-refractivity contribution < 1.29 is 9.90 Å². The molecule has 0 aromatic carbocycles. The van der Waals surface area contributed by atoms with E-state index < -0.39 is 5.97 Å². The van der Waals surface area contributed by atoms with Gasteiger partial charge in [-0.3, -0.25) is 4.68 Å². The summed E-state index contributed by atoms with van der Waals surface area (Å²) in [5.41, 5.74) is 1.09. The van der Waals surface area contributed by atoms with E-state index in [1.54, 1.807) is 24.9 Å². The van der Waals surface area contributed by atoms with Crippen LogP contribution in [-0.2, 0) is 7.05 Å². The van der Waals surface area contributed by atoms with Crippen LogP contribution in [0.25, 0.3) is 11.0 Å². The highest BCUT2D eigenvalue weighted by Crippen LogP contribution is 2.29. The van der Waals surface area contributed by atoms with Crippen LogP contribution in [0.3, 0.4) is 0 Å².